The van der Waals surface area contributed by atoms with Crippen LogP contribution in [0.4, 0.5) is 0 Å². The van der Waals surface area contributed by atoms with Gasteiger partial charge in [0.25, 0.3) is 0 Å². The molecule has 2 atom stereocenters. The third-order valence-corrected chi connectivity index (χ3v) is 18.2. The second-order valence-corrected chi connectivity index (χ2v) is 24.3. The van der Waals surface area contributed by atoms with Gasteiger partial charge in [0.1, 0.15) is 0 Å². The van der Waals surface area contributed by atoms with Crippen LogP contribution in [0.3, 0.4) is 0 Å². The molecule has 486 valence electrons. The van der Waals surface area contributed by atoms with Gasteiger partial charge in [0.05, 0.1) is 188 Å². The van der Waals surface area contributed by atoms with E-state index in [-0.39, 0.29) is 12.2 Å². The number of hydrogen-bond donors (Lipinski definition) is 2. The van der Waals surface area contributed by atoms with Crippen molar-refractivity contribution in [1.29, 1.82) is 0 Å². The molecule has 3 aliphatic rings. The van der Waals surface area contributed by atoms with E-state index in [4.69, 9.17) is 24.4 Å². The highest BCUT2D eigenvalue weighted by molar-refractivity contribution is 5.80. The molecular formula is C67H86N24O2. The van der Waals surface area contributed by atoms with Crippen LogP contribution in [0.1, 0.15) is 111 Å². The van der Waals surface area contributed by atoms with Gasteiger partial charge in [0, 0.05) is 103 Å². The minimum atomic E-state index is 0.134. The van der Waals surface area contributed by atoms with E-state index in [2.05, 4.69) is 132 Å². The lowest BCUT2D eigenvalue weighted by atomic mass is 10.1. The van der Waals surface area contributed by atoms with Crippen LogP contribution in [0.2, 0.25) is 0 Å². The molecule has 12 aromatic heterocycles. The van der Waals surface area contributed by atoms with Crippen molar-refractivity contribution >= 4 is 16.6 Å². The molecule has 1 unspecified atom stereocenters. The summed E-state index contributed by atoms with van der Waals surface area (Å²) in [6.45, 7) is 23.9. The summed E-state index contributed by atoms with van der Waals surface area (Å²) in [5, 5.41) is 47.6. The third kappa shape index (κ3) is 14.3. The van der Waals surface area contributed by atoms with Crippen LogP contribution in [0.15, 0.2) is 130 Å². The van der Waals surface area contributed by atoms with E-state index < -0.39 is 0 Å². The van der Waals surface area contributed by atoms with Gasteiger partial charge in [-0.1, -0.05) is 41.5 Å². The molecule has 0 amide bonds. The van der Waals surface area contributed by atoms with E-state index in [1.807, 2.05) is 130 Å². The lowest BCUT2D eigenvalue weighted by Gasteiger charge is -2.23. The number of fused-ring (bicyclic) bond motifs is 3. The summed E-state index contributed by atoms with van der Waals surface area (Å²) in [4.78, 5) is 17.5. The van der Waals surface area contributed by atoms with Crippen LogP contribution in [0.25, 0.3) is 84.1 Å². The second kappa shape index (κ2) is 29.3. The Hall–Kier alpha value is -9.08. The fourth-order valence-corrected chi connectivity index (χ4v) is 12.8. The van der Waals surface area contributed by atoms with Gasteiger partial charge in [-0.25, -0.2) is 28.5 Å². The molecule has 26 nitrogen and oxygen atoms in total. The lowest BCUT2D eigenvalue weighted by molar-refractivity contribution is 0.0160. The molecular weight excluding hydrogens is 1170 g/mol. The molecule has 15 heterocycles. The van der Waals surface area contributed by atoms with Crippen molar-refractivity contribution in [3.63, 3.8) is 0 Å². The standard InChI is InChI=1S/C23H30N8.2C22H28N8O/c1-3-20(4-2)30-16-19(14-26-30)23-22-7-8-24-31(22)17-21(27-23)18-13-25-29(15-18)12-11-28-9-5-6-10-28;2*1-3-18(4-2)29-13-17(10-26-29)22-21-5-6-24-30(21)15-20(27-22)16-9-25-28(12-16)14-19-11-23-7-8-31-19/h7-8,13-17,20H,3-6,9-12H2,1-2H3;2*5-6,9-10,12-13,15,18-19,23H,3-4,7-8,11,14H2,1-2H3/t;19-;/m.1./s1. The predicted octanol–water partition coefficient (Wildman–Crippen LogP) is 9.52. The molecule has 0 saturated carbocycles. The highest BCUT2D eigenvalue weighted by Crippen LogP contribution is 2.32. The third-order valence-electron chi connectivity index (χ3n) is 18.2. The van der Waals surface area contributed by atoms with Gasteiger partial charge in [0.15, 0.2) is 0 Å². The van der Waals surface area contributed by atoms with Crippen LogP contribution in [0, 0.1) is 0 Å². The molecule has 26 heteroatoms. The van der Waals surface area contributed by atoms with Gasteiger partial charge in [-0.05, 0) is 82.7 Å². The first-order valence-electron chi connectivity index (χ1n) is 33.4. The predicted molar refractivity (Wildman–Crippen MR) is 356 cm³/mol. The smallest absolute Gasteiger partial charge is 0.0999 e. The molecule has 3 aliphatic heterocycles. The number of morpholine rings is 2. The highest BCUT2D eigenvalue weighted by Gasteiger charge is 2.22. The summed E-state index contributed by atoms with van der Waals surface area (Å²) in [6, 6.07) is 7.17. The number of nitrogens with one attached hydrogen (secondary N) is 2. The fourth-order valence-electron chi connectivity index (χ4n) is 12.8. The molecule has 0 aromatic carbocycles. The molecule has 3 saturated heterocycles. The van der Waals surface area contributed by atoms with Gasteiger partial charge in [-0.15, -0.1) is 0 Å². The zero-order valence-corrected chi connectivity index (χ0v) is 54.3. The zero-order chi connectivity index (χ0) is 63.6. The van der Waals surface area contributed by atoms with Crippen LogP contribution in [-0.4, -0.2) is 179 Å². The van der Waals surface area contributed by atoms with E-state index in [9.17, 15) is 0 Å². The number of hydrogen-bond acceptors (Lipinski definition) is 17. The van der Waals surface area contributed by atoms with Crippen molar-refractivity contribution in [3.8, 4) is 67.5 Å². The summed E-state index contributed by atoms with van der Waals surface area (Å²) >= 11 is 0. The Labute approximate surface area is 541 Å². The lowest BCUT2D eigenvalue weighted by Crippen LogP contribution is -2.40. The van der Waals surface area contributed by atoms with Gasteiger partial charge in [-0.2, -0.15) is 45.9 Å². The van der Waals surface area contributed by atoms with Crippen LogP contribution in [0.5, 0.6) is 0 Å². The molecule has 0 radical (unpaired) electrons. The van der Waals surface area contributed by atoms with E-state index in [1.54, 1.807) is 12.4 Å². The minimum Gasteiger partial charge on any atom is -0.374 e. The van der Waals surface area contributed by atoms with Crippen molar-refractivity contribution < 1.29 is 9.47 Å². The largest absolute Gasteiger partial charge is 0.374 e. The monoisotopic (exact) mass is 1260 g/mol. The Morgan fingerprint density at radius 2 is 0.763 bits per heavy atom. The summed E-state index contributed by atoms with van der Waals surface area (Å²) in [6.07, 6.45) is 44.2. The first-order valence-corrected chi connectivity index (χ1v) is 33.4. The fraction of sp³-hybridized carbons (Fsp3) is 0.463. The quantitative estimate of drug-likeness (QED) is 0.0641. The van der Waals surface area contributed by atoms with Crippen LogP contribution < -0.4 is 10.6 Å². The van der Waals surface area contributed by atoms with Crippen molar-refractivity contribution in [2.24, 2.45) is 0 Å². The number of likely N-dealkylation sites (tertiary alicyclic amines) is 1. The molecule has 0 bridgehead atoms. The van der Waals surface area contributed by atoms with Gasteiger partial charge >= 0.3 is 0 Å². The number of nitrogens with zero attached hydrogens (tertiary/aromatic N) is 22. The Morgan fingerprint density at radius 3 is 1.12 bits per heavy atom. The van der Waals surface area contributed by atoms with Gasteiger partial charge in [-0.3, -0.25) is 28.1 Å². The number of rotatable bonds is 22. The van der Waals surface area contributed by atoms with E-state index in [0.29, 0.717) is 31.2 Å². The van der Waals surface area contributed by atoms with E-state index in [0.717, 1.165) is 175 Å². The van der Waals surface area contributed by atoms with Gasteiger partial charge in [0.2, 0.25) is 0 Å². The van der Waals surface area contributed by atoms with Crippen LogP contribution in [-0.2, 0) is 29.1 Å². The molecule has 3 fully saturated rings. The second-order valence-electron chi connectivity index (χ2n) is 24.3. The topological polar surface area (TPSA) is 243 Å². The van der Waals surface area contributed by atoms with Gasteiger partial charge < -0.3 is 25.0 Å². The average Bonchev–Trinajstić information content (AvgIpc) is 2.65. The van der Waals surface area contributed by atoms with E-state index >= 15 is 0 Å². The first kappa shape index (κ1) is 62.7. The average molecular weight is 1260 g/mol. The molecule has 0 spiro atoms. The van der Waals surface area contributed by atoms with Crippen molar-refractivity contribution in [2.75, 3.05) is 59.0 Å². The summed E-state index contributed by atoms with van der Waals surface area (Å²) < 4.78 is 29.3. The molecule has 0 aliphatic carbocycles. The highest BCUT2D eigenvalue weighted by atomic mass is 16.5. The minimum absolute atomic E-state index is 0.134. The Kier molecular flexibility index (Phi) is 19.7. The van der Waals surface area contributed by atoms with Crippen molar-refractivity contribution in [1.82, 2.24) is 118 Å². The maximum absolute atomic E-state index is 5.80. The molecule has 93 heavy (non-hydrogen) atoms. The molecule has 12 aromatic rings. The number of aromatic nitrogens is 21. The molecule has 2 N–H and O–H groups in total. The summed E-state index contributed by atoms with van der Waals surface area (Å²) in [7, 11) is 0. The van der Waals surface area contributed by atoms with E-state index in [1.165, 1.54) is 25.9 Å². The normalized spacial score (nSPS) is 16.4. The Morgan fingerprint density at radius 1 is 0.409 bits per heavy atom. The summed E-state index contributed by atoms with van der Waals surface area (Å²) in [5.41, 5.74) is 14.0. The Bertz CT molecular complexity index is 4130. The molecule has 15 rings (SSSR count). The maximum atomic E-state index is 5.80. The first-order chi connectivity index (χ1) is 45.7. The summed E-state index contributed by atoms with van der Waals surface area (Å²) in [5.74, 6) is 0. The SMILES string of the molecule is CCC(CC)n1cc(-c2nc(-c3cnn(CC4CNCCO4)c3)cn3nccc23)cn1.CCC(CC)n1cc(-c2nc(-c3cnn(CCN4CCCC4)c3)cn3nccc23)cn1.CCC(CC)n1cc(-c2nc(-c3cnn(C[C@H]4CNCCO4)c3)cn3nccc23)cn1. The number of ether oxygens (including phenoxy) is 2. The van der Waals surface area contributed by atoms with Crippen molar-refractivity contribution in [2.45, 2.75) is 143 Å². The maximum Gasteiger partial charge on any atom is 0.0999 e. The van der Waals surface area contributed by atoms with Crippen LogP contribution >= 0.6 is 0 Å². The Balaban J connectivity index is 0.000000127. The zero-order valence-electron chi connectivity index (χ0n) is 54.3. The van der Waals surface area contributed by atoms with Crippen molar-refractivity contribution in [3.05, 3.63) is 130 Å².